The number of hydrogen-bond acceptors (Lipinski definition) is 6. The van der Waals surface area contributed by atoms with Gasteiger partial charge in [-0.1, -0.05) is 6.42 Å². The van der Waals surface area contributed by atoms with Crippen molar-refractivity contribution in [3.05, 3.63) is 18.3 Å². The highest BCUT2D eigenvalue weighted by atomic mass is 16.6. The molecule has 2 aliphatic heterocycles. The van der Waals surface area contributed by atoms with E-state index < -0.39 is 0 Å². The van der Waals surface area contributed by atoms with Crippen molar-refractivity contribution in [2.45, 2.75) is 38.8 Å². The molecule has 1 atom stereocenters. The van der Waals surface area contributed by atoms with Crippen molar-refractivity contribution in [2.75, 3.05) is 35.3 Å². The monoisotopic (exact) mass is 411 g/mol. The maximum Gasteiger partial charge on any atom is 0.415 e. The Labute approximate surface area is 174 Å². The molecule has 2 fully saturated rings. The number of aromatic nitrogens is 2. The van der Waals surface area contributed by atoms with Gasteiger partial charge in [-0.25, -0.2) is 9.78 Å². The van der Waals surface area contributed by atoms with Gasteiger partial charge in [0.25, 0.3) is 0 Å². The Kier molecular flexibility index (Phi) is 4.72. The summed E-state index contributed by atoms with van der Waals surface area (Å²) in [4.78, 5) is 29.6. The molecule has 0 spiro atoms. The fourth-order valence-electron chi connectivity index (χ4n) is 4.15. The van der Waals surface area contributed by atoms with Crippen LogP contribution in [0.5, 0.6) is 5.75 Å². The molecule has 2 aromatic rings. The van der Waals surface area contributed by atoms with Gasteiger partial charge in [-0.3, -0.25) is 9.69 Å². The molecule has 158 valence electrons. The molecule has 0 bridgehead atoms. The molecular formula is C21H25N5O4. The van der Waals surface area contributed by atoms with E-state index in [0.29, 0.717) is 55.2 Å². The minimum atomic E-state index is -0.383. The number of carbonyl (C=O) groups is 2. The summed E-state index contributed by atoms with van der Waals surface area (Å²) in [7, 11) is 0. The average Bonchev–Trinajstić information content (AvgIpc) is 3.20. The summed E-state index contributed by atoms with van der Waals surface area (Å²) in [6, 6.07) is 3.74. The minimum Gasteiger partial charge on any atom is -0.491 e. The molecule has 2 amide bonds. The van der Waals surface area contributed by atoms with E-state index in [-0.39, 0.29) is 12.1 Å². The first-order chi connectivity index (χ1) is 14.6. The lowest BCUT2D eigenvalue weighted by atomic mass is 9.85. The maximum atomic E-state index is 12.1. The molecule has 1 aromatic heterocycles. The first-order valence-corrected chi connectivity index (χ1v) is 10.4. The summed E-state index contributed by atoms with van der Waals surface area (Å²) in [5.74, 6) is 2.64. The third-order valence-corrected chi connectivity index (χ3v) is 6.07. The summed E-state index contributed by atoms with van der Waals surface area (Å²) < 4.78 is 13.1. The van der Waals surface area contributed by atoms with Crippen molar-refractivity contribution < 1.29 is 19.1 Å². The van der Waals surface area contributed by atoms with Crippen molar-refractivity contribution >= 4 is 29.7 Å². The number of fused-ring (bicyclic) bond motifs is 3. The lowest BCUT2D eigenvalue weighted by Gasteiger charge is -2.26. The fourth-order valence-corrected chi connectivity index (χ4v) is 4.15. The van der Waals surface area contributed by atoms with Crippen LogP contribution in [-0.2, 0) is 16.1 Å². The maximum absolute atomic E-state index is 12.1. The smallest absolute Gasteiger partial charge is 0.415 e. The SMILES string of the molecule is C[C@@H]1COC(=O)N1c1cn2c(n1)-c1cc(NC=O)c(NCC3CCC3)cc1OCC2. The zero-order valence-electron chi connectivity index (χ0n) is 16.9. The Bertz CT molecular complexity index is 984. The first kappa shape index (κ1) is 18.8. The summed E-state index contributed by atoms with van der Waals surface area (Å²) in [6.07, 6.45) is 5.91. The number of nitrogens with one attached hydrogen (secondary N) is 2. The standard InChI is InChI=1S/C21H25N5O4/c1-13-11-30-21(28)26(13)19-10-25-5-6-29-18-8-17(22-9-14-3-2-4-14)16(23-12-27)7-15(18)20(25)24-19/h7-8,10,12-14,22H,2-6,9,11H2,1H3,(H,23,27)/t13-/m1/s1. The third kappa shape index (κ3) is 3.24. The van der Waals surface area contributed by atoms with Gasteiger partial charge < -0.3 is 24.7 Å². The molecule has 1 aliphatic carbocycles. The highest BCUT2D eigenvalue weighted by molar-refractivity contribution is 5.90. The zero-order valence-corrected chi connectivity index (χ0v) is 16.9. The number of cyclic esters (lactones) is 1. The van der Waals surface area contributed by atoms with Crippen LogP contribution in [0, 0.1) is 5.92 Å². The second-order valence-electron chi connectivity index (χ2n) is 8.09. The number of imidazole rings is 1. The van der Waals surface area contributed by atoms with Crippen molar-refractivity contribution in [2.24, 2.45) is 5.92 Å². The fraction of sp³-hybridized carbons (Fsp3) is 0.476. The molecule has 1 aromatic carbocycles. The second-order valence-corrected chi connectivity index (χ2v) is 8.09. The molecule has 3 heterocycles. The predicted octanol–water partition coefficient (Wildman–Crippen LogP) is 3.07. The molecular weight excluding hydrogens is 386 g/mol. The van der Waals surface area contributed by atoms with E-state index in [2.05, 4.69) is 10.6 Å². The largest absolute Gasteiger partial charge is 0.491 e. The molecule has 9 heteroatoms. The topological polar surface area (TPSA) is 97.7 Å². The summed E-state index contributed by atoms with van der Waals surface area (Å²) in [5, 5.41) is 6.25. The first-order valence-electron chi connectivity index (χ1n) is 10.4. The van der Waals surface area contributed by atoms with E-state index in [9.17, 15) is 9.59 Å². The number of carbonyl (C=O) groups excluding carboxylic acids is 2. The van der Waals surface area contributed by atoms with Crippen LogP contribution in [0.3, 0.4) is 0 Å². The van der Waals surface area contributed by atoms with E-state index in [4.69, 9.17) is 14.5 Å². The van der Waals surface area contributed by atoms with Gasteiger partial charge in [-0.05, 0) is 31.7 Å². The van der Waals surface area contributed by atoms with Crippen LogP contribution >= 0.6 is 0 Å². The predicted molar refractivity (Wildman–Crippen MR) is 112 cm³/mol. The lowest BCUT2D eigenvalue weighted by molar-refractivity contribution is -0.105. The summed E-state index contributed by atoms with van der Waals surface area (Å²) >= 11 is 0. The van der Waals surface area contributed by atoms with Gasteiger partial charge in [-0.15, -0.1) is 0 Å². The minimum absolute atomic E-state index is 0.0715. The number of nitrogens with zero attached hydrogens (tertiary/aromatic N) is 3. The van der Waals surface area contributed by atoms with Gasteiger partial charge >= 0.3 is 6.09 Å². The van der Waals surface area contributed by atoms with E-state index in [1.54, 1.807) is 4.90 Å². The van der Waals surface area contributed by atoms with Crippen LogP contribution < -0.4 is 20.3 Å². The van der Waals surface area contributed by atoms with Gasteiger partial charge in [0, 0.05) is 18.8 Å². The molecule has 9 nitrogen and oxygen atoms in total. The molecule has 0 radical (unpaired) electrons. The number of ether oxygens (including phenoxy) is 2. The van der Waals surface area contributed by atoms with E-state index in [1.165, 1.54) is 19.3 Å². The van der Waals surface area contributed by atoms with Crippen LogP contribution in [-0.4, -0.2) is 47.9 Å². The average molecular weight is 411 g/mol. The van der Waals surface area contributed by atoms with Crippen molar-refractivity contribution in [1.82, 2.24) is 9.55 Å². The Balaban J connectivity index is 1.52. The van der Waals surface area contributed by atoms with E-state index in [1.807, 2.05) is 29.8 Å². The molecule has 0 unspecified atom stereocenters. The summed E-state index contributed by atoms with van der Waals surface area (Å²) in [5.41, 5.74) is 2.29. The van der Waals surface area contributed by atoms with Crippen LogP contribution in [0.15, 0.2) is 18.3 Å². The van der Waals surface area contributed by atoms with E-state index in [0.717, 1.165) is 17.8 Å². The van der Waals surface area contributed by atoms with Crippen LogP contribution in [0.4, 0.5) is 22.0 Å². The number of anilines is 3. The highest BCUT2D eigenvalue weighted by Crippen LogP contribution is 2.40. The van der Waals surface area contributed by atoms with Crippen LogP contribution in [0.2, 0.25) is 0 Å². The lowest BCUT2D eigenvalue weighted by Crippen LogP contribution is -2.31. The molecule has 3 aliphatic rings. The Hall–Kier alpha value is -3.23. The zero-order chi connectivity index (χ0) is 20.7. The van der Waals surface area contributed by atoms with Crippen molar-refractivity contribution in [3.8, 4) is 17.1 Å². The van der Waals surface area contributed by atoms with Crippen molar-refractivity contribution in [1.29, 1.82) is 0 Å². The summed E-state index contributed by atoms with van der Waals surface area (Å²) in [6.45, 7) is 4.25. The highest BCUT2D eigenvalue weighted by Gasteiger charge is 2.34. The van der Waals surface area contributed by atoms with Gasteiger partial charge in [0.1, 0.15) is 24.8 Å². The molecule has 1 saturated carbocycles. The normalized spacial score (nSPS) is 20.4. The van der Waals surface area contributed by atoms with Gasteiger partial charge in [0.2, 0.25) is 6.41 Å². The Morgan fingerprint density at radius 2 is 2.13 bits per heavy atom. The third-order valence-electron chi connectivity index (χ3n) is 6.07. The number of rotatable bonds is 6. The van der Waals surface area contributed by atoms with Gasteiger partial charge in [0.05, 0.1) is 29.5 Å². The van der Waals surface area contributed by atoms with Crippen LogP contribution in [0.1, 0.15) is 26.2 Å². The quantitative estimate of drug-likeness (QED) is 0.709. The Morgan fingerprint density at radius 1 is 1.27 bits per heavy atom. The van der Waals surface area contributed by atoms with Gasteiger partial charge in [-0.2, -0.15) is 0 Å². The number of amides is 2. The molecule has 5 rings (SSSR count). The second kappa shape index (κ2) is 7.55. The molecule has 1 saturated heterocycles. The molecule has 30 heavy (non-hydrogen) atoms. The number of hydrogen-bond donors (Lipinski definition) is 2. The van der Waals surface area contributed by atoms with E-state index >= 15 is 0 Å². The van der Waals surface area contributed by atoms with Crippen molar-refractivity contribution in [3.63, 3.8) is 0 Å². The number of benzene rings is 1. The van der Waals surface area contributed by atoms with Gasteiger partial charge in [0.15, 0.2) is 5.82 Å². The van der Waals surface area contributed by atoms with Crippen LogP contribution in [0.25, 0.3) is 11.4 Å². The Morgan fingerprint density at radius 3 is 2.83 bits per heavy atom. The molecule has 2 N–H and O–H groups in total.